The number of carbonyl (C=O) groups excluding carboxylic acids is 1. The van der Waals surface area contributed by atoms with E-state index in [0.717, 1.165) is 13.0 Å². The van der Waals surface area contributed by atoms with Gasteiger partial charge in [0.15, 0.2) is 0 Å². The lowest BCUT2D eigenvalue weighted by Gasteiger charge is -2.15. The summed E-state index contributed by atoms with van der Waals surface area (Å²) in [7, 11) is 0. The van der Waals surface area contributed by atoms with E-state index in [1.807, 2.05) is 13.8 Å². The van der Waals surface area contributed by atoms with Crippen LogP contribution in [-0.4, -0.2) is 18.5 Å². The number of hydrogen-bond donors (Lipinski definition) is 2. The highest BCUT2D eigenvalue weighted by molar-refractivity contribution is 5.81. The molecule has 0 bridgehead atoms. The molecular weight excluding hydrogens is 248 g/mol. The standard InChI is InChI=1S/C17H36N2O/c1-4-5-6-7-8-9-10-11-12-13-14-19-17(20)16(18)15(2)3/h15-16H,4-14,18H2,1-3H3,(H,19,20). The highest BCUT2D eigenvalue weighted by Gasteiger charge is 2.15. The van der Waals surface area contributed by atoms with E-state index in [0.29, 0.717) is 0 Å². The lowest BCUT2D eigenvalue weighted by atomic mass is 10.0. The lowest BCUT2D eigenvalue weighted by Crippen LogP contribution is -2.44. The Balaban J connectivity index is 3.23. The molecule has 0 aromatic heterocycles. The summed E-state index contributed by atoms with van der Waals surface area (Å²) in [6, 6.07) is -0.363. The van der Waals surface area contributed by atoms with Crippen LogP contribution in [0.1, 0.15) is 85.0 Å². The minimum atomic E-state index is -0.363. The maximum atomic E-state index is 11.6. The first-order valence-electron chi connectivity index (χ1n) is 8.62. The molecule has 20 heavy (non-hydrogen) atoms. The number of carbonyl (C=O) groups is 1. The summed E-state index contributed by atoms with van der Waals surface area (Å²) in [4.78, 5) is 11.6. The first kappa shape index (κ1) is 19.4. The number of nitrogens with two attached hydrogens (primary N) is 1. The van der Waals surface area contributed by atoms with Gasteiger partial charge in [-0.2, -0.15) is 0 Å². The van der Waals surface area contributed by atoms with E-state index in [4.69, 9.17) is 5.73 Å². The predicted molar refractivity (Wildman–Crippen MR) is 87.7 cm³/mol. The molecule has 0 fully saturated rings. The van der Waals surface area contributed by atoms with Gasteiger partial charge in [-0.1, -0.05) is 78.6 Å². The number of rotatable bonds is 13. The fourth-order valence-corrected chi connectivity index (χ4v) is 2.24. The van der Waals surface area contributed by atoms with Crippen LogP contribution in [0.25, 0.3) is 0 Å². The van der Waals surface area contributed by atoms with Crippen LogP contribution in [0.3, 0.4) is 0 Å². The van der Waals surface area contributed by atoms with Crippen molar-refractivity contribution < 1.29 is 4.79 Å². The van der Waals surface area contributed by atoms with Gasteiger partial charge in [-0.15, -0.1) is 0 Å². The van der Waals surface area contributed by atoms with Crippen molar-refractivity contribution >= 4 is 5.91 Å². The van der Waals surface area contributed by atoms with E-state index in [1.54, 1.807) is 0 Å². The Morgan fingerprint density at radius 1 is 0.900 bits per heavy atom. The van der Waals surface area contributed by atoms with Crippen molar-refractivity contribution in [2.45, 2.75) is 91.0 Å². The van der Waals surface area contributed by atoms with Crippen molar-refractivity contribution in [3.8, 4) is 0 Å². The van der Waals surface area contributed by atoms with Gasteiger partial charge in [-0.3, -0.25) is 4.79 Å². The average Bonchev–Trinajstić information content (AvgIpc) is 2.43. The second-order valence-electron chi connectivity index (χ2n) is 6.24. The normalized spacial score (nSPS) is 12.7. The van der Waals surface area contributed by atoms with E-state index < -0.39 is 0 Å². The number of nitrogens with one attached hydrogen (secondary N) is 1. The van der Waals surface area contributed by atoms with Crippen LogP contribution in [0.5, 0.6) is 0 Å². The Labute approximate surface area is 126 Å². The SMILES string of the molecule is CCCCCCCCCCCCNC(=O)C(N)C(C)C. The molecule has 0 aliphatic heterocycles. The highest BCUT2D eigenvalue weighted by atomic mass is 16.2. The monoisotopic (exact) mass is 284 g/mol. The molecule has 0 aromatic rings. The van der Waals surface area contributed by atoms with Gasteiger partial charge < -0.3 is 11.1 Å². The molecule has 0 saturated carbocycles. The molecular formula is C17H36N2O. The van der Waals surface area contributed by atoms with E-state index >= 15 is 0 Å². The van der Waals surface area contributed by atoms with Crippen molar-refractivity contribution in [1.82, 2.24) is 5.32 Å². The van der Waals surface area contributed by atoms with Crippen LogP contribution in [0, 0.1) is 5.92 Å². The fraction of sp³-hybridized carbons (Fsp3) is 0.941. The first-order chi connectivity index (χ1) is 9.59. The van der Waals surface area contributed by atoms with Crippen molar-refractivity contribution in [3.63, 3.8) is 0 Å². The molecule has 0 saturated heterocycles. The molecule has 3 N–H and O–H groups in total. The molecule has 3 heteroatoms. The molecule has 0 aromatic carbocycles. The molecule has 0 radical (unpaired) electrons. The molecule has 3 nitrogen and oxygen atoms in total. The number of hydrogen-bond acceptors (Lipinski definition) is 2. The Kier molecular flexibility index (Phi) is 13.0. The van der Waals surface area contributed by atoms with Crippen molar-refractivity contribution in [2.24, 2.45) is 11.7 Å². The van der Waals surface area contributed by atoms with Gasteiger partial charge >= 0.3 is 0 Å². The summed E-state index contributed by atoms with van der Waals surface area (Å²) in [6.07, 6.45) is 13.2. The van der Waals surface area contributed by atoms with E-state index in [-0.39, 0.29) is 17.9 Å². The highest BCUT2D eigenvalue weighted by Crippen LogP contribution is 2.10. The summed E-state index contributed by atoms with van der Waals surface area (Å²) in [6.45, 7) is 6.98. The number of amides is 1. The Bertz CT molecular complexity index is 229. The van der Waals surface area contributed by atoms with Crippen LogP contribution in [-0.2, 0) is 4.79 Å². The van der Waals surface area contributed by atoms with Gasteiger partial charge in [-0.25, -0.2) is 0 Å². The molecule has 0 rings (SSSR count). The van der Waals surface area contributed by atoms with Crippen LogP contribution in [0.4, 0.5) is 0 Å². The van der Waals surface area contributed by atoms with E-state index in [1.165, 1.54) is 57.8 Å². The zero-order valence-electron chi connectivity index (χ0n) is 13.9. The summed E-state index contributed by atoms with van der Waals surface area (Å²) < 4.78 is 0. The second-order valence-corrected chi connectivity index (χ2v) is 6.24. The van der Waals surface area contributed by atoms with Gasteiger partial charge in [0.05, 0.1) is 6.04 Å². The third kappa shape index (κ3) is 11.3. The maximum absolute atomic E-state index is 11.6. The molecule has 0 aliphatic carbocycles. The van der Waals surface area contributed by atoms with Crippen molar-refractivity contribution in [3.05, 3.63) is 0 Å². The van der Waals surface area contributed by atoms with Gasteiger partial charge in [0.1, 0.15) is 0 Å². The smallest absolute Gasteiger partial charge is 0.237 e. The Morgan fingerprint density at radius 2 is 1.35 bits per heavy atom. The van der Waals surface area contributed by atoms with E-state index in [2.05, 4.69) is 12.2 Å². The molecule has 120 valence electrons. The lowest BCUT2D eigenvalue weighted by molar-refractivity contribution is -0.123. The first-order valence-corrected chi connectivity index (χ1v) is 8.62. The minimum absolute atomic E-state index is 0.00377. The minimum Gasteiger partial charge on any atom is -0.355 e. The van der Waals surface area contributed by atoms with Crippen LogP contribution in [0.15, 0.2) is 0 Å². The predicted octanol–water partition coefficient (Wildman–Crippen LogP) is 4.01. The fourth-order valence-electron chi connectivity index (χ4n) is 2.24. The summed E-state index contributed by atoms with van der Waals surface area (Å²) in [5.74, 6) is 0.207. The third-order valence-electron chi connectivity index (χ3n) is 3.85. The summed E-state index contributed by atoms with van der Waals surface area (Å²) in [5.41, 5.74) is 5.78. The molecule has 1 unspecified atom stereocenters. The summed E-state index contributed by atoms with van der Waals surface area (Å²) in [5, 5.41) is 2.93. The molecule has 0 spiro atoms. The number of unbranched alkanes of at least 4 members (excludes halogenated alkanes) is 9. The molecule has 0 aliphatic rings. The van der Waals surface area contributed by atoms with Crippen LogP contribution >= 0.6 is 0 Å². The molecule has 1 amide bonds. The maximum Gasteiger partial charge on any atom is 0.237 e. The summed E-state index contributed by atoms with van der Waals surface area (Å²) >= 11 is 0. The average molecular weight is 284 g/mol. The van der Waals surface area contributed by atoms with Gasteiger partial charge in [0.2, 0.25) is 5.91 Å². The zero-order valence-corrected chi connectivity index (χ0v) is 13.9. The van der Waals surface area contributed by atoms with Crippen molar-refractivity contribution in [1.29, 1.82) is 0 Å². The Hall–Kier alpha value is -0.570. The van der Waals surface area contributed by atoms with Gasteiger partial charge in [0.25, 0.3) is 0 Å². The van der Waals surface area contributed by atoms with Crippen LogP contribution < -0.4 is 11.1 Å². The Morgan fingerprint density at radius 3 is 1.80 bits per heavy atom. The van der Waals surface area contributed by atoms with Gasteiger partial charge in [0, 0.05) is 6.54 Å². The van der Waals surface area contributed by atoms with E-state index in [9.17, 15) is 4.79 Å². The largest absolute Gasteiger partial charge is 0.355 e. The zero-order chi connectivity index (χ0) is 15.2. The molecule has 1 atom stereocenters. The third-order valence-corrected chi connectivity index (χ3v) is 3.85. The van der Waals surface area contributed by atoms with Crippen molar-refractivity contribution in [2.75, 3.05) is 6.54 Å². The molecule has 0 heterocycles. The van der Waals surface area contributed by atoms with Gasteiger partial charge in [-0.05, 0) is 12.3 Å². The topological polar surface area (TPSA) is 55.1 Å². The quantitative estimate of drug-likeness (QED) is 0.502. The van der Waals surface area contributed by atoms with Crippen LogP contribution in [0.2, 0.25) is 0 Å². The second kappa shape index (κ2) is 13.4.